The summed E-state index contributed by atoms with van der Waals surface area (Å²) in [7, 11) is 0. The van der Waals surface area contributed by atoms with Crippen molar-refractivity contribution in [2.75, 3.05) is 17.4 Å². The van der Waals surface area contributed by atoms with Crippen molar-refractivity contribution in [1.29, 1.82) is 0 Å². The van der Waals surface area contributed by atoms with Gasteiger partial charge in [-0.3, -0.25) is 19.8 Å². The number of amides is 4. The van der Waals surface area contributed by atoms with E-state index in [2.05, 4.69) is 15.6 Å². The lowest BCUT2D eigenvalue weighted by atomic mass is 10.1. The number of hydrogen-bond donors (Lipinski definition) is 2. The molecule has 0 aliphatic carbocycles. The molecule has 2 heterocycles. The third-order valence-corrected chi connectivity index (χ3v) is 5.77. The van der Waals surface area contributed by atoms with Gasteiger partial charge in [0.2, 0.25) is 12.7 Å². The molecule has 2 aliphatic rings. The number of carbonyl (C=O) groups is 3. The Morgan fingerprint density at radius 1 is 1.15 bits per heavy atom. The van der Waals surface area contributed by atoms with Crippen LogP contribution in [0.25, 0.3) is 6.08 Å². The van der Waals surface area contributed by atoms with E-state index in [1.54, 1.807) is 32.1 Å². The van der Waals surface area contributed by atoms with Gasteiger partial charge in [0, 0.05) is 6.04 Å². The van der Waals surface area contributed by atoms with Crippen molar-refractivity contribution in [3.05, 3.63) is 59.3 Å². The largest absolute Gasteiger partial charge is 0.454 e. The molecule has 4 amide bonds. The molecule has 2 N–H and O–H groups in total. The molecule has 0 unspecified atom stereocenters. The monoisotopic (exact) mass is 480 g/mol. The van der Waals surface area contributed by atoms with Gasteiger partial charge in [-0.1, -0.05) is 35.5 Å². The minimum absolute atomic E-state index is 0.0860. The molecule has 176 valence electrons. The van der Waals surface area contributed by atoms with Crippen LogP contribution in [-0.2, 0) is 9.59 Å². The van der Waals surface area contributed by atoms with Crippen molar-refractivity contribution in [2.24, 2.45) is 4.99 Å². The zero-order valence-corrected chi connectivity index (χ0v) is 19.8. The Kier molecular flexibility index (Phi) is 6.87. The summed E-state index contributed by atoms with van der Waals surface area (Å²) in [5.41, 5.74) is 2.64. The molecule has 34 heavy (non-hydrogen) atoms. The van der Waals surface area contributed by atoms with Crippen LogP contribution in [0.4, 0.5) is 10.5 Å². The van der Waals surface area contributed by atoms with E-state index < -0.39 is 11.9 Å². The number of imide groups is 1. The first-order valence-corrected chi connectivity index (χ1v) is 11.6. The summed E-state index contributed by atoms with van der Waals surface area (Å²) in [6.07, 6.45) is 1.66. The zero-order valence-electron chi connectivity index (χ0n) is 19.0. The number of anilines is 1. The van der Waals surface area contributed by atoms with Gasteiger partial charge in [-0.15, -0.1) is 0 Å². The summed E-state index contributed by atoms with van der Waals surface area (Å²) in [5, 5.41) is 5.22. The van der Waals surface area contributed by atoms with Crippen LogP contribution in [0.2, 0.25) is 0 Å². The lowest BCUT2D eigenvalue weighted by Gasteiger charge is -2.18. The molecule has 2 aromatic carbocycles. The molecule has 0 radical (unpaired) electrons. The average molecular weight is 481 g/mol. The molecule has 0 atom stereocenters. The Morgan fingerprint density at radius 2 is 1.88 bits per heavy atom. The summed E-state index contributed by atoms with van der Waals surface area (Å²) in [5.74, 6) is 0.355. The van der Waals surface area contributed by atoms with E-state index in [0.717, 1.165) is 22.9 Å². The van der Waals surface area contributed by atoms with Crippen LogP contribution >= 0.6 is 11.8 Å². The molecule has 0 fully saturated rings. The second-order valence-corrected chi connectivity index (χ2v) is 8.92. The number of aryl methyl sites for hydroxylation is 1. The molecule has 4 rings (SSSR count). The number of ether oxygens (including phenoxy) is 2. The lowest BCUT2D eigenvalue weighted by molar-refractivity contribution is -0.117. The second-order valence-electron chi connectivity index (χ2n) is 7.98. The minimum atomic E-state index is -0.566. The zero-order chi connectivity index (χ0) is 24.2. The van der Waals surface area contributed by atoms with Gasteiger partial charge in [0.15, 0.2) is 16.7 Å². The fourth-order valence-electron chi connectivity index (χ4n) is 3.27. The first-order chi connectivity index (χ1) is 16.3. The van der Waals surface area contributed by atoms with Crippen molar-refractivity contribution in [3.63, 3.8) is 0 Å². The van der Waals surface area contributed by atoms with Gasteiger partial charge >= 0.3 is 6.03 Å². The van der Waals surface area contributed by atoms with Gasteiger partial charge in [0.1, 0.15) is 5.70 Å². The number of hydrogen-bond acceptors (Lipinski definition) is 7. The smallest absolute Gasteiger partial charge is 0.321 e. The van der Waals surface area contributed by atoms with E-state index in [1.165, 1.54) is 4.90 Å². The highest BCUT2D eigenvalue weighted by Gasteiger charge is 2.32. The van der Waals surface area contributed by atoms with Crippen LogP contribution in [0, 0.1) is 6.92 Å². The SMILES string of the molecule is Cc1ccc(N2C(=O)C(=Cc3ccc4c(c3)OCO4)N=C2SCC(=O)NC(=O)NC(C)C)cc1. The van der Waals surface area contributed by atoms with Gasteiger partial charge in [-0.05, 0) is 56.7 Å². The first kappa shape index (κ1) is 23.4. The van der Waals surface area contributed by atoms with Crippen LogP contribution in [0.3, 0.4) is 0 Å². The van der Waals surface area contributed by atoms with Crippen LogP contribution in [0.5, 0.6) is 11.5 Å². The number of urea groups is 1. The Hall–Kier alpha value is -3.79. The van der Waals surface area contributed by atoms with Crippen LogP contribution in [0.15, 0.2) is 53.2 Å². The molecule has 9 nitrogen and oxygen atoms in total. The Labute approximate surface area is 201 Å². The number of nitrogens with one attached hydrogen (secondary N) is 2. The van der Waals surface area contributed by atoms with Crippen LogP contribution < -0.4 is 25.0 Å². The summed E-state index contributed by atoms with van der Waals surface area (Å²) < 4.78 is 10.7. The highest BCUT2D eigenvalue weighted by atomic mass is 32.2. The molecule has 2 aromatic rings. The predicted molar refractivity (Wildman–Crippen MR) is 131 cm³/mol. The van der Waals surface area contributed by atoms with Gasteiger partial charge in [0.05, 0.1) is 11.4 Å². The molecule has 0 saturated carbocycles. The quantitative estimate of drug-likeness (QED) is 0.635. The fraction of sp³-hybridized carbons (Fsp3) is 0.250. The maximum Gasteiger partial charge on any atom is 0.321 e. The van der Waals surface area contributed by atoms with Crippen molar-refractivity contribution in [1.82, 2.24) is 10.6 Å². The Balaban J connectivity index is 1.56. The molecule has 10 heteroatoms. The van der Waals surface area contributed by atoms with E-state index in [9.17, 15) is 14.4 Å². The number of nitrogens with zero attached hydrogens (tertiary/aromatic N) is 2. The second kappa shape index (κ2) is 10.0. The number of fused-ring (bicyclic) bond motifs is 1. The third-order valence-electron chi connectivity index (χ3n) is 4.83. The van der Waals surface area contributed by atoms with Gasteiger partial charge in [0.25, 0.3) is 5.91 Å². The summed E-state index contributed by atoms with van der Waals surface area (Å²) in [4.78, 5) is 43.3. The molecule has 0 saturated heterocycles. The molecule has 0 bridgehead atoms. The first-order valence-electron chi connectivity index (χ1n) is 10.6. The van der Waals surface area contributed by atoms with E-state index in [0.29, 0.717) is 22.4 Å². The van der Waals surface area contributed by atoms with Gasteiger partial charge in [-0.25, -0.2) is 9.79 Å². The topological polar surface area (TPSA) is 109 Å². The summed E-state index contributed by atoms with van der Waals surface area (Å²) in [6, 6.07) is 12.1. The lowest BCUT2D eigenvalue weighted by Crippen LogP contribution is -2.43. The van der Waals surface area contributed by atoms with Gasteiger partial charge in [-0.2, -0.15) is 0 Å². The molecular weight excluding hydrogens is 456 g/mol. The number of amidine groups is 1. The standard InChI is InChI=1S/C24H24N4O5S/c1-14(2)25-23(31)27-21(29)12-34-24-26-18(10-16-6-9-19-20(11-16)33-13-32-19)22(30)28(24)17-7-4-15(3)5-8-17/h4-11,14H,12-13H2,1-3H3,(H2,25,27,29,31). The number of rotatable bonds is 5. The summed E-state index contributed by atoms with van der Waals surface area (Å²) in [6.45, 7) is 5.71. The Bertz CT molecular complexity index is 1190. The number of benzene rings is 2. The van der Waals surface area contributed by atoms with Crippen molar-refractivity contribution in [2.45, 2.75) is 26.8 Å². The minimum Gasteiger partial charge on any atom is -0.454 e. The maximum absolute atomic E-state index is 13.3. The van der Waals surface area contributed by atoms with Gasteiger partial charge < -0.3 is 14.8 Å². The van der Waals surface area contributed by atoms with Crippen LogP contribution in [-0.4, -0.2) is 41.6 Å². The molecular formula is C24H24N4O5S. The highest BCUT2D eigenvalue weighted by molar-refractivity contribution is 8.14. The molecule has 2 aliphatic heterocycles. The number of aliphatic imine (C=N–C) groups is 1. The third kappa shape index (κ3) is 5.40. The van der Waals surface area contributed by atoms with Crippen molar-refractivity contribution >= 4 is 46.5 Å². The Morgan fingerprint density at radius 3 is 2.62 bits per heavy atom. The fourth-order valence-corrected chi connectivity index (χ4v) is 4.08. The van der Waals surface area contributed by atoms with Crippen molar-refractivity contribution < 1.29 is 23.9 Å². The predicted octanol–water partition coefficient (Wildman–Crippen LogP) is 3.43. The highest BCUT2D eigenvalue weighted by Crippen LogP contribution is 2.34. The maximum atomic E-state index is 13.3. The summed E-state index contributed by atoms with van der Waals surface area (Å²) >= 11 is 1.08. The number of thioether (sulfide) groups is 1. The molecule has 0 spiro atoms. The normalized spacial score (nSPS) is 15.6. The van der Waals surface area contributed by atoms with E-state index in [1.807, 2.05) is 37.3 Å². The van der Waals surface area contributed by atoms with E-state index >= 15 is 0 Å². The van der Waals surface area contributed by atoms with E-state index in [-0.39, 0.29) is 30.2 Å². The average Bonchev–Trinajstić information content (AvgIpc) is 3.36. The van der Waals surface area contributed by atoms with E-state index in [4.69, 9.17) is 9.47 Å². The number of carbonyl (C=O) groups excluding carboxylic acids is 3. The molecule has 0 aromatic heterocycles. The van der Waals surface area contributed by atoms with Crippen LogP contribution in [0.1, 0.15) is 25.0 Å². The van der Waals surface area contributed by atoms with Crippen molar-refractivity contribution in [3.8, 4) is 11.5 Å².